The number of hydrogen-bond donors (Lipinski definition) is 3. The van der Waals surface area contributed by atoms with E-state index in [4.69, 9.17) is 15.6 Å². The van der Waals surface area contributed by atoms with Gasteiger partial charge in [0.05, 0.1) is 19.8 Å². The van der Waals surface area contributed by atoms with Crippen LogP contribution in [-0.2, 0) is 4.74 Å². The summed E-state index contributed by atoms with van der Waals surface area (Å²) in [5.41, 5.74) is 5.57. The molecule has 0 saturated carbocycles. The van der Waals surface area contributed by atoms with Crippen LogP contribution in [0.25, 0.3) is 0 Å². The predicted octanol–water partition coefficient (Wildman–Crippen LogP) is -0.444. The van der Waals surface area contributed by atoms with E-state index in [2.05, 4.69) is 24.2 Å². The van der Waals surface area contributed by atoms with E-state index in [1.807, 2.05) is 0 Å². The maximum atomic E-state index is 8.43. The van der Waals surface area contributed by atoms with E-state index < -0.39 is 0 Å². The third-order valence-electron chi connectivity index (χ3n) is 1.41. The quantitative estimate of drug-likeness (QED) is 0.297. The van der Waals surface area contributed by atoms with Gasteiger partial charge >= 0.3 is 0 Å². The highest BCUT2D eigenvalue weighted by molar-refractivity contribution is 5.77. The van der Waals surface area contributed by atoms with Crippen LogP contribution < -0.4 is 11.1 Å². The molecule has 0 aliphatic rings. The van der Waals surface area contributed by atoms with Crippen LogP contribution in [0.1, 0.15) is 13.8 Å². The average Bonchev–Trinajstić information content (AvgIpc) is 2.14. The molecule has 84 valence electrons. The molecular weight excluding hydrogens is 182 g/mol. The second-order valence-corrected chi connectivity index (χ2v) is 3.38. The minimum Gasteiger partial charge on any atom is -0.394 e. The zero-order valence-electron chi connectivity index (χ0n) is 8.99. The van der Waals surface area contributed by atoms with Crippen molar-refractivity contribution in [1.29, 1.82) is 0 Å². The topological polar surface area (TPSA) is 79.9 Å². The fourth-order valence-corrected chi connectivity index (χ4v) is 0.755. The number of guanidine groups is 1. The average molecular weight is 203 g/mol. The van der Waals surface area contributed by atoms with Crippen LogP contribution in [0.3, 0.4) is 0 Å². The summed E-state index contributed by atoms with van der Waals surface area (Å²) in [6.45, 7) is 6.46. The molecule has 0 aromatic heterocycles. The molecule has 0 spiro atoms. The number of nitrogens with zero attached hydrogens (tertiary/aromatic N) is 1. The molecule has 0 fully saturated rings. The van der Waals surface area contributed by atoms with Crippen LogP contribution >= 0.6 is 0 Å². The van der Waals surface area contributed by atoms with Crippen LogP contribution in [0, 0.1) is 5.92 Å². The number of hydrogen-bond acceptors (Lipinski definition) is 3. The Balaban J connectivity index is 3.34. The van der Waals surface area contributed by atoms with Crippen LogP contribution in [0.2, 0.25) is 0 Å². The van der Waals surface area contributed by atoms with Gasteiger partial charge in [-0.25, -0.2) is 0 Å². The number of nitrogens with one attached hydrogen (secondary N) is 1. The minimum atomic E-state index is 0.0525. The van der Waals surface area contributed by atoms with Gasteiger partial charge in [0.15, 0.2) is 5.96 Å². The van der Waals surface area contributed by atoms with Gasteiger partial charge < -0.3 is 20.9 Å². The van der Waals surface area contributed by atoms with Crippen LogP contribution in [-0.4, -0.2) is 44.0 Å². The molecule has 5 nitrogen and oxygen atoms in total. The van der Waals surface area contributed by atoms with Gasteiger partial charge in [-0.2, -0.15) is 0 Å². The first-order valence-electron chi connectivity index (χ1n) is 4.89. The standard InChI is InChI=1S/C9H21N3O2/c1-8(2)7-12-9(10)11-3-5-14-6-4-13/h8,13H,3-7H2,1-2H3,(H3,10,11,12). The van der Waals surface area contributed by atoms with Crippen molar-refractivity contribution >= 4 is 5.96 Å². The summed E-state index contributed by atoms with van der Waals surface area (Å²) in [5.74, 6) is 0.965. The van der Waals surface area contributed by atoms with Gasteiger partial charge in [0.1, 0.15) is 0 Å². The summed E-state index contributed by atoms with van der Waals surface area (Å²) in [7, 11) is 0. The monoisotopic (exact) mass is 203 g/mol. The van der Waals surface area contributed by atoms with Crippen LogP contribution in [0.5, 0.6) is 0 Å². The Morgan fingerprint density at radius 3 is 2.79 bits per heavy atom. The summed E-state index contributed by atoms with van der Waals surface area (Å²) >= 11 is 0. The molecule has 0 bridgehead atoms. The lowest BCUT2D eigenvalue weighted by Gasteiger charge is -2.06. The van der Waals surface area contributed by atoms with Crippen molar-refractivity contribution in [3.63, 3.8) is 0 Å². The van der Waals surface area contributed by atoms with Gasteiger partial charge in [0.25, 0.3) is 0 Å². The number of aliphatic imine (C=N–C) groups is 1. The summed E-state index contributed by atoms with van der Waals surface area (Å²) in [5, 5.41) is 11.3. The van der Waals surface area contributed by atoms with E-state index in [-0.39, 0.29) is 6.61 Å². The smallest absolute Gasteiger partial charge is 0.188 e. The normalized spacial score (nSPS) is 12.1. The van der Waals surface area contributed by atoms with Crippen molar-refractivity contribution in [3.05, 3.63) is 0 Å². The molecule has 14 heavy (non-hydrogen) atoms. The summed E-state index contributed by atoms with van der Waals surface area (Å²) in [6.07, 6.45) is 0. The molecule has 0 amide bonds. The Labute approximate surface area is 85.4 Å². The van der Waals surface area contributed by atoms with Gasteiger partial charge in [0, 0.05) is 13.1 Å². The molecule has 5 heteroatoms. The van der Waals surface area contributed by atoms with Crippen molar-refractivity contribution in [1.82, 2.24) is 5.32 Å². The van der Waals surface area contributed by atoms with Crippen LogP contribution in [0.4, 0.5) is 0 Å². The Hall–Kier alpha value is -0.810. The molecule has 4 N–H and O–H groups in total. The second-order valence-electron chi connectivity index (χ2n) is 3.38. The number of ether oxygens (including phenoxy) is 1. The van der Waals surface area contributed by atoms with Crippen molar-refractivity contribution < 1.29 is 9.84 Å². The number of aliphatic hydroxyl groups is 1. The Morgan fingerprint density at radius 2 is 2.21 bits per heavy atom. The summed E-state index contributed by atoms with van der Waals surface area (Å²) in [6, 6.07) is 0. The van der Waals surface area contributed by atoms with Gasteiger partial charge in [-0.3, -0.25) is 4.99 Å². The molecule has 0 aliphatic carbocycles. The van der Waals surface area contributed by atoms with E-state index in [0.717, 1.165) is 6.54 Å². The minimum absolute atomic E-state index is 0.0525. The SMILES string of the molecule is CC(C)CN=C(N)NCCOCCO. The third-order valence-corrected chi connectivity index (χ3v) is 1.41. The maximum Gasteiger partial charge on any atom is 0.188 e. The maximum absolute atomic E-state index is 8.43. The molecule has 0 heterocycles. The lowest BCUT2D eigenvalue weighted by atomic mass is 10.2. The molecule has 0 radical (unpaired) electrons. The first-order chi connectivity index (χ1) is 6.66. The molecule has 0 rings (SSSR count). The highest BCUT2D eigenvalue weighted by atomic mass is 16.5. The number of rotatable bonds is 7. The highest BCUT2D eigenvalue weighted by Gasteiger charge is 1.93. The molecule has 0 atom stereocenters. The Kier molecular flexibility index (Phi) is 8.27. The van der Waals surface area contributed by atoms with E-state index in [9.17, 15) is 0 Å². The Morgan fingerprint density at radius 1 is 1.50 bits per heavy atom. The molecule has 0 saturated heterocycles. The first-order valence-corrected chi connectivity index (χ1v) is 4.89. The molecule has 0 aromatic carbocycles. The largest absolute Gasteiger partial charge is 0.394 e. The fourth-order valence-electron chi connectivity index (χ4n) is 0.755. The summed E-state index contributed by atoms with van der Waals surface area (Å²) in [4.78, 5) is 4.12. The third kappa shape index (κ3) is 9.28. The fraction of sp³-hybridized carbons (Fsp3) is 0.889. The number of aliphatic hydroxyl groups excluding tert-OH is 1. The van der Waals surface area contributed by atoms with E-state index in [1.54, 1.807) is 0 Å². The van der Waals surface area contributed by atoms with E-state index >= 15 is 0 Å². The first kappa shape index (κ1) is 13.2. The summed E-state index contributed by atoms with van der Waals surface area (Å²) < 4.78 is 5.04. The second kappa shape index (κ2) is 8.77. The molecule has 0 unspecified atom stereocenters. The van der Waals surface area contributed by atoms with Gasteiger partial charge in [0.2, 0.25) is 0 Å². The zero-order chi connectivity index (χ0) is 10.8. The number of nitrogens with two attached hydrogens (primary N) is 1. The van der Waals surface area contributed by atoms with Crippen molar-refractivity contribution in [2.45, 2.75) is 13.8 Å². The van der Waals surface area contributed by atoms with Gasteiger partial charge in [-0.15, -0.1) is 0 Å². The van der Waals surface area contributed by atoms with Gasteiger partial charge in [-0.05, 0) is 5.92 Å². The molecule has 0 aliphatic heterocycles. The van der Waals surface area contributed by atoms with Crippen molar-refractivity contribution in [3.8, 4) is 0 Å². The van der Waals surface area contributed by atoms with Crippen molar-refractivity contribution in [2.24, 2.45) is 16.6 Å². The van der Waals surface area contributed by atoms with Gasteiger partial charge in [-0.1, -0.05) is 13.8 Å². The highest BCUT2D eigenvalue weighted by Crippen LogP contribution is 1.90. The van der Waals surface area contributed by atoms with E-state index in [0.29, 0.717) is 31.6 Å². The lowest BCUT2D eigenvalue weighted by molar-refractivity contribution is 0.0958. The Bertz CT molecular complexity index is 160. The molecular formula is C9H21N3O2. The predicted molar refractivity (Wildman–Crippen MR) is 57.2 cm³/mol. The molecule has 0 aromatic rings. The zero-order valence-corrected chi connectivity index (χ0v) is 8.99. The van der Waals surface area contributed by atoms with Crippen LogP contribution in [0.15, 0.2) is 4.99 Å². The van der Waals surface area contributed by atoms with Crippen molar-refractivity contribution in [2.75, 3.05) is 32.9 Å². The van der Waals surface area contributed by atoms with E-state index in [1.165, 1.54) is 0 Å². The lowest BCUT2D eigenvalue weighted by Crippen LogP contribution is -2.34.